The highest BCUT2D eigenvalue weighted by atomic mass is 32.2. The van der Waals surface area contributed by atoms with Crippen LogP contribution in [0.3, 0.4) is 0 Å². The molecule has 22 heavy (non-hydrogen) atoms. The Labute approximate surface area is 133 Å². The van der Waals surface area contributed by atoms with E-state index in [0.717, 1.165) is 6.07 Å². The molecule has 0 bridgehead atoms. The van der Waals surface area contributed by atoms with Crippen molar-refractivity contribution in [3.05, 3.63) is 29.1 Å². The molecule has 1 heterocycles. The number of aromatic nitrogens is 1. The van der Waals surface area contributed by atoms with Gasteiger partial charge in [-0.25, -0.2) is 4.98 Å². The van der Waals surface area contributed by atoms with Crippen LogP contribution >= 0.6 is 0 Å². The molecular weight excluding hydrogens is 313 g/mol. The lowest BCUT2D eigenvalue weighted by Crippen LogP contribution is -2.42. The smallest absolute Gasteiger partial charge is 0.433 e. The molecule has 3 nitrogen and oxygen atoms in total. The lowest BCUT2D eigenvalue weighted by molar-refractivity contribution is -0.141. The monoisotopic (exact) mass is 336 g/mol. The standard InChI is InChI=1S/C15H23F3N2OS/c1-7-11-8-12(19-13(9-11)15(16,17)18)10(2)20(6)22(21)14(3,4)5/h8-10H,7H2,1-6H3/t10-,22?/m1/s1. The van der Waals surface area contributed by atoms with Gasteiger partial charge in [-0.2, -0.15) is 13.2 Å². The third-order valence-corrected chi connectivity index (χ3v) is 5.25. The minimum absolute atomic E-state index is 0.284. The largest absolute Gasteiger partial charge is 0.597 e. The lowest BCUT2D eigenvalue weighted by Gasteiger charge is -2.33. The molecule has 2 atom stereocenters. The van der Waals surface area contributed by atoms with Crippen LogP contribution in [0.4, 0.5) is 13.2 Å². The third-order valence-electron chi connectivity index (χ3n) is 3.36. The molecular formula is C15H23F3N2OS. The predicted octanol–water partition coefficient (Wildman–Crippen LogP) is 4.12. The first-order valence-corrected chi connectivity index (χ1v) is 8.21. The molecule has 0 amide bonds. The normalized spacial score (nSPS) is 16.0. The van der Waals surface area contributed by atoms with Gasteiger partial charge in [-0.3, -0.25) is 0 Å². The van der Waals surface area contributed by atoms with Crippen molar-refractivity contribution in [1.82, 2.24) is 9.29 Å². The van der Waals surface area contributed by atoms with Crippen LogP contribution in [0.1, 0.15) is 57.6 Å². The van der Waals surface area contributed by atoms with Crippen LogP contribution in [-0.2, 0) is 24.0 Å². The summed E-state index contributed by atoms with van der Waals surface area (Å²) in [6, 6.07) is 2.24. The van der Waals surface area contributed by atoms with Crippen molar-refractivity contribution < 1.29 is 17.7 Å². The Morgan fingerprint density at radius 2 is 1.82 bits per heavy atom. The molecule has 1 unspecified atom stereocenters. The minimum Gasteiger partial charge on any atom is -0.597 e. The summed E-state index contributed by atoms with van der Waals surface area (Å²) in [5.41, 5.74) is -0.0467. The second-order valence-corrected chi connectivity index (χ2v) is 8.52. The van der Waals surface area contributed by atoms with Crippen molar-refractivity contribution in [2.45, 2.75) is 58.0 Å². The Bertz CT molecular complexity index is 514. The number of aryl methyl sites for hydroxylation is 1. The maximum atomic E-state index is 13.0. The van der Waals surface area contributed by atoms with E-state index in [1.165, 1.54) is 0 Å². The summed E-state index contributed by atoms with van der Waals surface area (Å²) >= 11 is -1.34. The zero-order valence-corrected chi connectivity index (χ0v) is 14.6. The first kappa shape index (κ1) is 19.3. The van der Waals surface area contributed by atoms with Gasteiger partial charge in [-0.1, -0.05) is 6.92 Å². The predicted molar refractivity (Wildman–Crippen MR) is 82.7 cm³/mol. The molecule has 1 aromatic rings. The van der Waals surface area contributed by atoms with E-state index >= 15 is 0 Å². The van der Waals surface area contributed by atoms with E-state index in [1.54, 1.807) is 31.3 Å². The summed E-state index contributed by atoms with van der Waals surface area (Å²) in [4.78, 5) is 3.74. The zero-order valence-electron chi connectivity index (χ0n) is 13.8. The van der Waals surface area contributed by atoms with Crippen molar-refractivity contribution in [1.29, 1.82) is 0 Å². The van der Waals surface area contributed by atoms with Crippen LogP contribution in [-0.4, -0.2) is 25.6 Å². The molecule has 0 N–H and O–H groups in total. The second kappa shape index (κ2) is 6.76. The second-order valence-electron chi connectivity index (χ2n) is 6.22. The molecule has 0 spiro atoms. The van der Waals surface area contributed by atoms with Crippen LogP contribution in [0.15, 0.2) is 12.1 Å². The van der Waals surface area contributed by atoms with E-state index in [9.17, 15) is 17.7 Å². The topological polar surface area (TPSA) is 39.2 Å². The first-order chi connectivity index (χ1) is 9.87. The molecule has 1 rings (SSSR count). The van der Waals surface area contributed by atoms with Crippen molar-refractivity contribution in [3.8, 4) is 0 Å². The molecule has 0 radical (unpaired) electrons. The number of hydrogen-bond donors (Lipinski definition) is 0. The number of rotatable bonds is 4. The van der Waals surface area contributed by atoms with Gasteiger partial charge >= 0.3 is 6.18 Å². The molecule has 0 aliphatic heterocycles. The Balaban J connectivity index is 3.20. The van der Waals surface area contributed by atoms with E-state index in [1.807, 2.05) is 20.8 Å². The Morgan fingerprint density at radius 1 is 1.27 bits per heavy atom. The number of pyridine rings is 1. The van der Waals surface area contributed by atoms with Crippen LogP contribution in [0.25, 0.3) is 0 Å². The Kier molecular flexibility index (Phi) is 5.92. The van der Waals surface area contributed by atoms with E-state index in [2.05, 4.69) is 4.98 Å². The molecule has 0 saturated carbocycles. The zero-order chi connectivity index (χ0) is 17.3. The van der Waals surface area contributed by atoms with Gasteiger partial charge in [0.25, 0.3) is 0 Å². The molecule has 0 saturated heterocycles. The SMILES string of the molecule is CCc1cc([C@@H](C)N(C)[S+]([O-])C(C)(C)C)nc(C(F)(F)F)c1. The van der Waals surface area contributed by atoms with E-state index in [4.69, 9.17) is 0 Å². The fourth-order valence-electron chi connectivity index (χ4n) is 1.94. The van der Waals surface area contributed by atoms with Crippen molar-refractivity contribution in [3.63, 3.8) is 0 Å². The maximum absolute atomic E-state index is 13.0. The molecule has 0 aliphatic rings. The van der Waals surface area contributed by atoms with Gasteiger partial charge in [0, 0.05) is 18.4 Å². The number of halogens is 3. The summed E-state index contributed by atoms with van der Waals surface area (Å²) in [6.07, 6.45) is -4.00. The molecule has 7 heteroatoms. The maximum Gasteiger partial charge on any atom is 0.433 e. The van der Waals surface area contributed by atoms with Crippen LogP contribution in [0.2, 0.25) is 0 Å². The fraction of sp³-hybridized carbons (Fsp3) is 0.667. The quantitative estimate of drug-likeness (QED) is 0.777. The van der Waals surface area contributed by atoms with Gasteiger partial charge in [0.05, 0.1) is 11.7 Å². The van der Waals surface area contributed by atoms with Crippen molar-refractivity contribution in [2.75, 3.05) is 7.05 Å². The average Bonchev–Trinajstić information content (AvgIpc) is 2.42. The van der Waals surface area contributed by atoms with Gasteiger partial charge < -0.3 is 4.55 Å². The highest BCUT2D eigenvalue weighted by molar-refractivity contribution is 7.90. The Morgan fingerprint density at radius 3 is 2.23 bits per heavy atom. The highest BCUT2D eigenvalue weighted by Crippen LogP contribution is 2.32. The van der Waals surface area contributed by atoms with Crippen molar-refractivity contribution in [2.24, 2.45) is 0 Å². The number of hydrogen-bond acceptors (Lipinski definition) is 3. The van der Waals surface area contributed by atoms with E-state index in [-0.39, 0.29) is 5.69 Å². The molecule has 126 valence electrons. The summed E-state index contributed by atoms with van der Waals surface area (Å²) in [6.45, 7) is 8.97. The molecule has 0 aliphatic carbocycles. The minimum atomic E-state index is -4.48. The van der Waals surface area contributed by atoms with Crippen LogP contribution in [0, 0.1) is 0 Å². The van der Waals surface area contributed by atoms with Gasteiger partial charge in [0.1, 0.15) is 10.4 Å². The average molecular weight is 336 g/mol. The van der Waals surface area contributed by atoms with Crippen LogP contribution in [0.5, 0.6) is 0 Å². The van der Waals surface area contributed by atoms with Gasteiger partial charge in [0.15, 0.2) is 0 Å². The Hall–Kier alpha value is -0.790. The summed E-state index contributed by atoms with van der Waals surface area (Å²) in [7, 11) is 1.64. The number of alkyl halides is 3. The fourth-order valence-corrected chi connectivity index (χ4v) is 3.20. The number of nitrogens with zero attached hydrogens (tertiary/aromatic N) is 2. The third kappa shape index (κ3) is 4.60. The van der Waals surface area contributed by atoms with Crippen LogP contribution < -0.4 is 0 Å². The summed E-state index contributed by atoms with van der Waals surface area (Å²) < 4.78 is 52.4. The molecule has 0 aromatic carbocycles. The van der Waals surface area contributed by atoms with Crippen molar-refractivity contribution >= 4 is 11.4 Å². The first-order valence-electron chi connectivity index (χ1n) is 7.10. The van der Waals surface area contributed by atoms with E-state index in [0.29, 0.717) is 12.0 Å². The summed E-state index contributed by atoms with van der Waals surface area (Å²) in [5, 5.41) is 0. The van der Waals surface area contributed by atoms with Gasteiger partial charge in [-0.15, -0.1) is 4.31 Å². The molecule has 1 aromatic heterocycles. The van der Waals surface area contributed by atoms with Gasteiger partial charge in [0.2, 0.25) is 0 Å². The lowest BCUT2D eigenvalue weighted by atomic mass is 10.1. The highest BCUT2D eigenvalue weighted by Gasteiger charge is 2.37. The van der Waals surface area contributed by atoms with E-state index < -0.39 is 34.0 Å². The summed E-state index contributed by atoms with van der Waals surface area (Å²) in [5.74, 6) is 0. The van der Waals surface area contributed by atoms with Gasteiger partial charge in [-0.05, 0) is 51.8 Å². The molecule has 0 fully saturated rings.